The van der Waals surface area contributed by atoms with Crippen LogP contribution >= 0.6 is 7.82 Å². The predicted octanol–water partition coefficient (Wildman–Crippen LogP) is 5.42. The monoisotopic (exact) mass is 368 g/mol. The van der Waals surface area contributed by atoms with E-state index in [1.165, 1.54) is 0 Å². The molecular formula is C21H21O4P. The fraction of sp³-hybridized carbons (Fsp3) is 0.143. The summed E-state index contributed by atoms with van der Waals surface area (Å²) in [5.41, 5.74) is 6.62. The molecule has 0 aliphatic rings. The SMILES string of the molecule is Cc1cccc(-c2c(OP(=O)(O)O)ccc(C)c2-c2ccccc2C)c1. The zero-order chi connectivity index (χ0) is 18.9. The van der Waals surface area contributed by atoms with Gasteiger partial charge in [0.1, 0.15) is 5.75 Å². The quantitative estimate of drug-likeness (QED) is 0.604. The second kappa shape index (κ2) is 7.08. The Hall–Kier alpha value is -2.39. The minimum Gasteiger partial charge on any atom is -0.404 e. The standard InChI is InChI=1S/C21H21O4P/c1-14-7-6-9-17(13-14)21-19(25-26(22,23)24)12-11-16(3)20(21)18-10-5-4-8-15(18)2/h4-13H,1-3H3,(H2,22,23,24). The van der Waals surface area contributed by atoms with Gasteiger partial charge < -0.3 is 4.52 Å². The third-order valence-corrected chi connectivity index (χ3v) is 4.75. The summed E-state index contributed by atoms with van der Waals surface area (Å²) >= 11 is 0. The van der Waals surface area contributed by atoms with Gasteiger partial charge in [-0.3, -0.25) is 9.79 Å². The van der Waals surface area contributed by atoms with Crippen molar-refractivity contribution in [2.24, 2.45) is 0 Å². The highest BCUT2D eigenvalue weighted by atomic mass is 31.2. The Morgan fingerprint density at radius 3 is 2.19 bits per heavy atom. The Kier molecular flexibility index (Phi) is 5.01. The molecule has 3 aromatic rings. The van der Waals surface area contributed by atoms with E-state index >= 15 is 0 Å². The lowest BCUT2D eigenvalue weighted by atomic mass is 9.88. The summed E-state index contributed by atoms with van der Waals surface area (Å²) in [5.74, 6) is 0.174. The number of rotatable bonds is 4. The Bertz CT molecular complexity index is 1000. The molecule has 0 aromatic heterocycles. The molecule has 0 saturated carbocycles. The molecule has 0 aliphatic carbocycles. The molecule has 0 aliphatic heterocycles. The third-order valence-electron chi connectivity index (χ3n) is 4.31. The van der Waals surface area contributed by atoms with Crippen molar-refractivity contribution in [3.8, 4) is 28.0 Å². The predicted molar refractivity (Wildman–Crippen MR) is 104 cm³/mol. The van der Waals surface area contributed by atoms with Crippen LogP contribution in [0.5, 0.6) is 5.75 Å². The van der Waals surface area contributed by atoms with E-state index in [0.717, 1.165) is 33.4 Å². The van der Waals surface area contributed by atoms with Gasteiger partial charge >= 0.3 is 7.82 Å². The van der Waals surface area contributed by atoms with E-state index in [0.29, 0.717) is 5.56 Å². The molecule has 4 nitrogen and oxygen atoms in total. The largest absolute Gasteiger partial charge is 0.524 e. The first-order chi connectivity index (χ1) is 12.3. The van der Waals surface area contributed by atoms with E-state index < -0.39 is 7.82 Å². The van der Waals surface area contributed by atoms with Crippen molar-refractivity contribution in [3.63, 3.8) is 0 Å². The fourth-order valence-electron chi connectivity index (χ4n) is 3.18. The molecule has 3 aromatic carbocycles. The van der Waals surface area contributed by atoms with Gasteiger partial charge in [0.15, 0.2) is 0 Å². The average Bonchev–Trinajstić information content (AvgIpc) is 2.56. The maximum Gasteiger partial charge on any atom is 0.524 e. The summed E-state index contributed by atoms with van der Waals surface area (Å²) in [5, 5.41) is 0. The van der Waals surface area contributed by atoms with Crippen LogP contribution in [0.15, 0.2) is 60.7 Å². The molecule has 0 atom stereocenters. The summed E-state index contributed by atoms with van der Waals surface area (Å²) in [4.78, 5) is 18.7. The van der Waals surface area contributed by atoms with Gasteiger partial charge in [-0.15, -0.1) is 0 Å². The molecule has 134 valence electrons. The second-order valence-corrected chi connectivity index (χ2v) is 7.56. The molecule has 0 unspecified atom stereocenters. The minimum atomic E-state index is -4.69. The van der Waals surface area contributed by atoms with E-state index in [4.69, 9.17) is 4.52 Å². The van der Waals surface area contributed by atoms with Crippen molar-refractivity contribution >= 4 is 7.82 Å². The third kappa shape index (κ3) is 3.88. The number of aryl methyl sites for hydroxylation is 3. The molecule has 5 heteroatoms. The van der Waals surface area contributed by atoms with Crippen molar-refractivity contribution in [2.75, 3.05) is 0 Å². The molecule has 0 radical (unpaired) electrons. The smallest absolute Gasteiger partial charge is 0.404 e. The highest BCUT2D eigenvalue weighted by molar-refractivity contribution is 7.46. The van der Waals surface area contributed by atoms with Crippen molar-refractivity contribution in [1.82, 2.24) is 0 Å². The Morgan fingerprint density at radius 1 is 0.808 bits per heavy atom. The molecular weight excluding hydrogens is 347 g/mol. The van der Waals surface area contributed by atoms with Crippen LogP contribution in [0, 0.1) is 20.8 Å². The maximum absolute atomic E-state index is 11.5. The molecule has 26 heavy (non-hydrogen) atoms. The van der Waals surface area contributed by atoms with E-state index in [2.05, 4.69) is 0 Å². The van der Waals surface area contributed by atoms with Crippen LogP contribution in [0.2, 0.25) is 0 Å². The molecule has 3 rings (SSSR count). The van der Waals surface area contributed by atoms with Crippen LogP contribution in [0.3, 0.4) is 0 Å². The molecule has 0 amide bonds. The normalized spacial score (nSPS) is 11.4. The number of benzene rings is 3. The Labute approximate surface area is 153 Å². The first-order valence-electron chi connectivity index (χ1n) is 8.28. The molecule has 0 heterocycles. The number of hydrogen-bond acceptors (Lipinski definition) is 2. The van der Waals surface area contributed by atoms with Gasteiger partial charge in [0.2, 0.25) is 0 Å². The number of phosphoric ester groups is 1. The first-order valence-corrected chi connectivity index (χ1v) is 9.81. The molecule has 0 spiro atoms. The van der Waals surface area contributed by atoms with Gasteiger partial charge in [-0.2, -0.15) is 0 Å². The minimum absolute atomic E-state index is 0.174. The molecule has 0 saturated heterocycles. The lowest BCUT2D eigenvalue weighted by molar-refractivity contribution is 0.283. The van der Waals surface area contributed by atoms with E-state index in [-0.39, 0.29) is 5.75 Å². The van der Waals surface area contributed by atoms with Gasteiger partial charge in [-0.1, -0.05) is 60.2 Å². The Balaban J connectivity index is 2.38. The maximum atomic E-state index is 11.5. The topological polar surface area (TPSA) is 66.8 Å². The Morgan fingerprint density at radius 2 is 1.54 bits per heavy atom. The van der Waals surface area contributed by atoms with Crippen LogP contribution < -0.4 is 4.52 Å². The molecule has 0 bridgehead atoms. The van der Waals surface area contributed by atoms with E-state index in [1.54, 1.807) is 6.07 Å². The van der Waals surface area contributed by atoms with Gasteiger partial charge in [0, 0.05) is 5.56 Å². The van der Waals surface area contributed by atoms with Crippen LogP contribution in [0.4, 0.5) is 0 Å². The highest BCUT2D eigenvalue weighted by Crippen LogP contribution is 2.47. The zero-order valence-corrected chi connectivity index (χ0v) is 15.8. The van der Waals surface area contributed by atoms with Gasteiger partial charge in [0.05, 0.1) is 0 Å². The summed E-state index contributed by atoms with van der Waals surface area (Å²) in [6.07, 6.45) is 0. The van der Waals surface area contributed by atoms with Gasteiger partial charge in [0.25, 0.3) is 0 Å². The van der Waals surface area contributed by atoms with Gasteiger partial charge in [-0.05, 0) is 54.7 Å². The lowest BCUT2D eigenvalue weighted by Crippen LogP contribution is -1.98. The van der Waals surface area contributed by atoms with Crippen molar-refractivity contribution < 1.29 is 18.9 Å². The van der Waals surface area contributed by atoms with Crippen LogP contribution in [-0.2, 0) is 4.57 Å². The van der Waals surface area contributed by atoms with Crippen LogP contribution in [0.1, 0.15) is 16.7 Å². The lowest BCUT2D eigenvalue weighted by Gasteiger charge is -2.20. The fourth-order valence-corrected chi connectivity index (χ4v) is 3.59. The summed E-state index contributed by atoms with van der Waals surface area (Å²) < 4.78 is 16.6. The summed E-state index contributed by atoms with van der Waals surface area (Å²) in [6, 6.07) is 19.2. The second-order valence-electron chi connectivity index (χ2n) is 6.40. The van der Waals surface area contributed by atoms with Crippen molar-refractivity contribution in [1.29, 1.82) is 0 Å². The van der Waals surface area contributed by atoms with Crippen molar-refractivity contribution in [2.45, 2.75) is 20.8 Å². The highest BCUT2D eigenvalue weighted by Gasteiger charge is 2.23. The van der Waals surface area contributed by atoms with Crippen LogP contribution in [-0.4, -0.2) is 9.79 Å². The first kappa shape index (κ1) is 18.4. The molecule has 0 fully saturated rings. The average molecular weight is 368 g/mol. The summed E-state index contributed by atoms with van der Waals surface area (Å²) in [7, 11) is -4.69. The van der Waals surface area contributed by atoms with E-state index in [1.807, 2.05) is 75.4 Å². The number of hydrogen-bond donors (Lipinski definition) is 2. The van der Waals surface area contributed by atoms with E-state index in [9.17, 15) is 14.4 Å². The van der Waals surface area contributed by atoms with Gasteiger partial charge in [-0.25, -0.2) is 4.57 Å². The summed E-state index contributed by atoms with van der Waals surface area (Å²) in [6.45, 7) is 5.99. The van der Waals surface area contributed by atoms with Crippen LogP contribution in [0.25, 0.3) is 22.3 Å². The molecule has 2 N–H and O–H groups in total. The van der Waals surface area contributed by atoms with Crippen molar-refractivity contribution in [3.05, 3.63) is 77.4 Å². The number of phosphoric acid groups is 1. The zero-order valence-electron chi connectivity index (χ0n) is 14.9.